The van der Waals surface area contributed by atoms with E-state index in [1.807, 2.05) is 0 Å². The molecule has 4 nitrogen and oxygen atoms in total. The van der Waals surface area contributed by atoms with Gasteiger partial charge in [0.2, 0.25) is 0 Å². The molecule has 0 bridgehead atoms. The lowest BCUT2D eigenvalue weighted by atomic mass is 10.0. The molecule has 4 atom stereocenters. The molecule has 0 aliphatic carbocycles. The molecule has 0 saturated carbocycles. The van der Waals surface area contributed by atoms with Gasteiger partial charge < -0.3 is 68.0 Å². The topological polar surface area (TPSA) is 49.3 Å². The van der Waals surface area contributed by atoms with Crippen LogP contribution in [0.4, 0.5) is 0 Å². The summed E-state index contributed by atoms with van der Waals surface area (Å²) in [6.45, 7) is 5.93. The van der Waals surface area contributed by atoms with Crippen LogP contribution in [0.15, 0.2) is 0 Å². The van der Waals surface area contributed by atoms with Gasteiger partial charge in [-0.2, -0.15) is 0 Å². The Bertz CT molecular complexity index is 368. The van der Waals surface area contributed by atoms with Crippen molar-refractivity contribution in [3.05, 3.63) is 0 Å². The van der Waals surface area contributed by atoms with Gasteiger partial charge >= 0.3 is 0 Å². The molecular formula is C26H54I2N2O2. The van der Waals surface area contributed by atoms with E-state index in [2.05, 4.69) is 0 Å². The maximum atomic E-state index is 9.39. The van der Waals surface area contributed by atoms with Crippen molar-refractivity contribution >= 4 is 0 Å². The van der Waals surface area contributed by atoms with E-state index in [1.54, 1.807) is 9.80 Å². The van der Waals surface area contributed by atoms with Crippen LogP contribution in [-0.2, 0) is 0 Å². The lowest BCUT2D eigenvalue weighted by molar-refractivity contribution is -0.913. The number of rotatable bonds is 19. The average Bonchev–Trinajstić information content (AvgIpc) is 3.42. The van der Waals surface area contributed by atoms with Crippen LogP contribution in [0.5, 0.6) is 0 Å². The predicted molar refractivity (Wildman–Crippen MR) is 126 cm³/mol. The first-order valence-corrected chi connectivity index (χ1v) is 13.8. The molecule has 2 aliphatic rings. The number of hydrogen-bond donors (Lipinski definition) is 4. The van der Waals surface area contributed by atoms with Gasteiger partial charge in [-0.3, -0.25) is 0 Å². The fraction of sp³-hybridized carbons (Fsp3) is 1.00. The fourth-order valence-corrected chi connectivity index (χ4v) is 5.89. The summed E-state index contributed by atoms with van der Waals surface area (Å²) in [7, 11) is 0. The van der Waals surface area contributed by atoms with Gasteiger partial charge in [-0.05, 0) is 25.7 Å². The second-order valence-electron chi connectivity index (χ2n) is 10.3. The monoisotopic (exact) mass is 680 g/mol. The highest BCUT2D eigenvalue weighted by molar-refractivity contribution is 4.61. The van der Waals surface area contributed by atoms with Gasteiger partial charge in [0.1, 0.15) is 12.1 Å². The minimum atomic E-state index is 0. The van der Waals surface area contributed by atoms with Crippen molar-refractivity contribution in [1.29, 1.82) is 0 Å². The number of quaternary nitrogens is 2. The molecule has 32 heavy (non-hydrogen) atoms. The lowest BCUT2D eigenvalue weighted by Crippen LogP contribution is -3.14. The average molecular weight is 681 g/mol. The van der Waals surface area contributed by atoms with Gasteiger partial charge in [-0.25, -0.2) is 0 Å². The Labute approximate surface area is 233 Å². The maximum absolute atomic E-state index is 9.39. The number of unbranched alkanes of at least 4 members (excludes halogenated alkanes) is 13. The zero-order chi connectivity index (χ0) is 21.3. The van der Waals surface area contributed by atoms with E-state index in [-0.39, 0.29) is 48.0 Å². The molecule has 4 unspecified atom stereocenters. The van der Waals surface area contributed by atoms with Crippen LogP contribution in [0, 0.1) is 0 Å². The largest absolute Gasteiger partial charge is 1.00 e. The van der Waals surface area contributed by atoms with Crippen LogP contribution < -0.4 is 57.8 Å². The predicted octanol–water partition coefficient (Wildman–Crippen LogP) is -3.47. The SMILES string of the molecule is OCC1CCC[NH+]1CCCCCCCCCCCCCCCC[NH+]1CCCC1CO.[I-].[I-]. The Balaban J connectivity index is 0.00000480. The quantitative estimate of drug-likeness (QED) is 0.0849. The third-order valence-corrected chi connectivity index (χ3v) is 7.94. The number of aliphatic hydroxyl groups excluding tert-OH is 2. The molecule has 6 heteroatoms. The van der Waals surface area contributed by atoms with Crippen molar-refractivity contribution < 1.29 is 68.0 Å². The second kappa shape index (κ2) is 22.7. The van der Waals surface area contributed by atoms with Crippen LogP contribution in [0.25, 0.3) is 0 Å². The van der Waals surface area contributed by atoms with Crippen molar-refractivity contribution in [2.75, 3.05) is 39.4 Å². The first-order chi connectivity index (χ1) is 14.8. The molecular weight excluding hydrogens is 626 g/mol. The molecule has 0 aromatic heterocycles. The molecule has 2 fully saturated rings. The van der Waals surface area contributed by atoms with E-state index in [9.17, 15) is 10.2 Å². The number of likely N-dealkylation sites (tertiary alicyclic amines) is 2. The van der Waals surface area contributed by atoms with Crippen LogP contribution in [0.3, 0.4) is 0 Å². The van der Waals surface area contributed by atoms with Crippen molar-refractivity contribution in [2.24, 2.45) is 0 Å². The summed E-state index contributed by atoms with van der Waals surface area (Å²) in [5, 5.41) is 18.8. The van der Waals surface area contributed by atoms with Gasteiger partial charge in [-0.15, -0.1) is 0 Å². The van der Waals surface area contributed by atoms with Crippen molar-refractivity contribution in [3.8, 4) is 0 Å². The van der Waals surface area contributed by atoms with Crippen molar-refractivity contribution in [2.45, 2.75) is 128 Å². The van der Waals surface area contributed by atoms with Crippen LogP contribution in [0.2, 0.25) is 0 Å². The maximum Gasteiger partial charge on any atom is 0.111 e. The van der Waals surface area contributed by atoms with E-state index in [0.717, 1.165) is 0 Å². The lowest BCUT2D eigenvalue weighted by Gasteiger charge is -2.19. The number of aliphatic hydroxyl groups is 2. The molecule has 194 valence electrons. The molecule has 4 N–H and O–H groups in total. The summed E-state index contributed by atoms with van der Waals surface area (Å²) < 4.78 is 0. The van der Waals surface area contributed by atoms with Gasteiger partial charge in [0.05, 0.1) is 39.4 Å². The molecule has 0 spiro atoms. The second-order valence-corrected chi connectivity index (χ2v) is 10.3. The Morgan fingerprint density at radius 3 is 1.03 bits per heavy atom. The van der Waals surface area contributed by atoms with E-state index in [1.165, 1.54) is 142 Å². The van der Waals surface area contributed by atoms with Gasteiger partial charge in [0, 0.05) is 25.7 Å². The molecule has 2 saturated heterocycles. The Hall–Kier alpha value is 1.30. The number of halogens is 2. The number of hydrogen-bond acceptors (Lipinski definition) is 2. The van der Waals surface area contributed by atoms with Gasteiger partial charge in [-0.1, -0.05) is 64.2 Å². The van der Waals surface area contributed by atoms with Crippen LogP contribution >= 0.6 is 0 Å². The first kappa shape index (κ1) is 33.3. The van der Waals surface area contributed by atoms with E-state index in [4.69, 9.17) is 0 Å². The number of nitrogens with one attached hydrogen (secondary N) is 2. The van der Waals surface area contributed by atoms with Gasteiger partial charge in [0.15, 0.2) is 0 Å². The smallest absolute Gasteiger partial charge is 0.111 e. The van der Waals surface area contributed by atoms with Gasteiger partial charge in [0.25, 0.3) is 0 Å². The molecule has 2 aliphatic heterocycles. The molecule has 2 heterocycles. The summed E-state index contributed by atoms with van der Waals surface area (Å²) in [6, 6.07) is 1.08. The minimum absolute atomic E-state index is 0. The summed E-state index contributed by atoms with van der Waals surface area (Å²) in [4.78, 5) is 3.33. The molecule has 0 aromatic carbocycles. The molecule has 0 amide bonds. The van der Waals surface area contributed by atoms with E-state index >= 15 is 0 Å². The van der Waals surface area contributed by atoms with Crippen molar-refractivity contribution in [3.63, 3.8) is 0 Å². The fourth-order valence-electron chi connectivity index (χ4n) is 5.89. The van der Waals surface area contributed by atoms with E-state index in [0.29, 0.717) is 25.3 Å². The van der Waals surface area contributed by atoms with Crippen molar-refractivity contribution in [1.82, 2.24) is 0 Å². The summed E-state index contributed by atoms with van der Waals surface area (Å²) in [6.07, 6.45) is 24.9. The Kier molecular flexibility index (Phi) is 23.7. The highest BCUT2D eigenvalue weighted by Crippen LogP contribution is 2.13. The molecule has 2 rings (SSSR count). The summed E-state index contributed by atoms with van der Waals surface area (Å²) in [5.41, 5.74) is 0. The normalized spacial score (nSPS) is 24.9. The van der Waals surface area contributed by atoms with Crippen LogP contribution in [0.1, 0.15) is 116 Å². The summed E-state index contributed by atoms with van der Waals surface area (Å²) >= 11 is 0. The highest BCUT2D eigenvalue weighted by atomic mass is 127. The minimum Gasteiger partial charge on any atom is -1.00 e. The molecule has 0 radical (unpaired) electrons. The third kappa shape index (κ3) is 14.6. The summed E-state index contributed by atoms with van der Waals surface area (Å²) in [5.74, 6) is 0. The molecule has 0 aromatic rings. The Morgan fingerprint density at radius 1 is 0.469 bits per heavy atom. The first-order valence-electron chi connectivity index (χ1n) is 13.8. The highest BCUT2D eigenvalue weighted by Gasteiger charge is 2.27. The zero-order valence-electron chi connectivity index (χ0n) is 20.8. The standard InChI is InChI=1S/C26H52N2O2.2HI/c29-23-25-17-15-21-27(25)19-13-11-9-7-5-3-1-2-4-6-8-10-12-14-20-28-22-16-18-26(28)24-30;;/h25-26,29-30H,1-24H2;2*1H. The van der Waals surface area contributed by atoms with E-state index < -0.39 is 0 Å². The van der Waals surface area contributed by atoms with Crippen LogP contribution in [-0.4, -0.2) is 61.7 Å². The third-order valence-electron chi connectivity index (χ3n) is 7.94. The Morgan fingerprint density at radius 2 is 0.750 bits per heavy atom. The zero-order valence-corrected chi connectivity index (χ0v) is 25.1.